The van der Waals surface area contributed by atoms with Gasteiger partial charge in [-0.1, -0.05) is 30.3 Å². The fraction of sp³-hybridized carbons (Fsp3) is 0. The number of benzene rings is 2. The van der Waals surface area contributed by atoms with Crippen LogP contribution in [0.5, 0.6) is 0 Å². The molecule has 0 aliphatic rings. The Hall–Kier alpha value is -2.68. The minimum atomic E-state index is 1.08. The summed E-state index contributed by atoms with van der Waals surface area (Å²) in [5.74, 6) is 0. The highest BCUT2D eigenvalue weighted by Crippen LogP contribution is 2.24. The second-order valence-corrected chi connectivity index (χ2v) is 4.49. The van der Waals surface area contributed by atoms with Crippen molar-refractivity contribution >= 4 is 21.7 Å². The number of nitrogens with zero attached hydrogens (tertiary/aromatic N) is 3. The first-order chi connectivity index (χ1) is 9.43. The molecule has 0 fully saturated rings. The fourth-order valence-corrected chi connectivity index (χ4v) is 2.45. The van der Waals surface area contributed by atoms with Crippen LogP contribution in [0.3, 0.4) is 0 Å². The zero-order chi connectivity index (χ0) is 12.7. The summed E-state index contributed by atoms with van der Waals surface area (Å²) >= 11 is 0. The summed E-state index contributed by atoms with van der Waals surface area (Å²) in [6.07, 6.45) is 5.59. The standard InChI is InChI=1S/C16H11N3/c1-2-6-15-13(4-1)11-18-19(15)16-7-3-5-12-10-17-9-8-14(12)16/h1-11H. The Morgan fingerprint density at radius 3 is 2.68 bits per heavy atom. The predicted octanol–water partition coefficient (Wildman–Crippen LogP) is 3.57. The van der Waals surface area contributed by atoms with Gasteiger partial charge in [0.15, 0.2) is 0 Å². The SMILES string of the molecule is c1cc(-n2ncc3ccccc32)c2ccncc2c1. The topological polar surface area (TPSA) is 30.7 Å². The van der Waals surface area contributed by atoms with Crippen LogP contribution in [0, 0.1) is 0 Å². The summed E-state index contributed by atoms with van der Waals surface area (Å²) in [7, 11) is 0. The molecule has 19 heavy (non-hydrogen) atoms. The molecule has 2 aromatic carbocycles. The van der Waals surface area contributed by atoms with Gasteiger partial charge in [-0.25, -0.2) is 4.68 Å². The summed E-state index contributed by atoms with van der Waals surface area (Å²) in [6.45, 7) is 0. The van der Waals surface area contributed by atoms with Gasteiger partial charge in [0.05, 0.1) is 17.4 Å². The number of hydrogen-bond donors (Lipinski definition) is 0. The molecule has 0 bridgehead atoms. The molecule has 0 unspecified atom stereocenters. The van der Waals surface area contributed by atoms with Crippen molar-refractivity contribution in [3.05, 3.63) is 67.1 Å². The molecule has 0 aliphatic heterocycles. The van der Waals surface area contributed by atoms with Crippen LogP contribution in [-0.2, 0) is 0 Å². The van der Waals surface area contributed by atoms with E-state index in [0.717, 1.165) is 27.4 Å². The molecule has 0 spiro atoms. The number of rotatable bonds is 1. The summed E-state index contributed by atoms with van der Waals surface area (Å²) in [5.41, 5.74) is 2.20. The molecule has 0 atom stereocenters. The van der Waals surface area contributed by atoms with E-state index >= 15 is 0 Å². The van der Waals surface area contributed by atoms with Crippen LogP contribution in [0.1, 0.15) is 0 Å². The lowest BCUT2D eigenvalue weighted by atomic mass is 10.1. The molecular formula is C16H11N3. The summed E-state index contributed by atoms with van der Waals surface area (Å²) in [6, 6.07) is 16.4. The zero-order valence-corrected chi connectivity index (χ0v) is 10.2. The average Bonchev–Trinajstić information content (AvgIpc) is 2.90. The number of aromatic nitrogens is 3. The molecule has 90 valence electrons. The van der Waals surface area contributed by atoms with Crippen molar-refractivity contribution in [2.24, 2.45) is 0 Å². The van der Waals surface area contributed by atoms with Gasteiger partial charge >= 0.3 is 0 Å². The van der Waals surface area contributed by atoms with Crippen molar-refractivity contribution < 1.29 is 0 Å². The van der Waals surface area contributed by atoms with Gasteiger partial charge in [0, 0.05) is 28.6 Å². The van der Waals surface area contributed by atoms with E-state index in [1.165, 1.54) is 0 Å². The van der Waals surface area contributed by atoms with E-state index in [-0.39, 0.29) is 0 Å². The fourth-order valence-electron chi connectivity index (χ4n) is 2.45. The van der Waals surface area contributed by atoms with Crippen molar-refractivity contribution in [3.63, 3.8) is 0 Å². The molecule has 0 radical (unpaired) electrons. The van der Waals surface area contributed by atoms with Crippen molar-refractivity contribution in [1.29, 1.82) is 0 Å². The number of pyridine rings is 1. The monoisotopic (exact) mass is 245 g/mol. The molecule has 0 saturated heterocycles. The first kappa shape index (κ1) is 10.3. The lowest BCUT2D eigenvalue weighted by Gasteiger charge is -2.07. The van der Waals surface area contributed by atoms with Crippen LogP contribution in [0.15, 0.2) is 67.1 Å². The van der Waals surface area contributed by atoms with Gasteiger partial charge in [0.2, 0.25) is 0 Å². The highest BCUT2D eigenvalue weighted by atomic mass is 15.3. The van der Waals surface area contributed by atoms with Crippen LogP contribution >= 0.6 is 0 Å². The average molecular weight is 245 g/mol. The first-order valence-corrected chi connectivity index (χ1v) is 6.19. The lowest BCUT2D eigenvalue weighted by Crippen LogP contribution is -1.96. The van der Waals surface area contributed by atoms with Crippen LogP contribution in [0.4, 0.5) is 0 Å². The van der Waals surface area contributed by atoms with Crippen molar-refractivity contribution in [3.8, 4) is 5.69 Å². The quantitative estimate of drug-likeness (QED) is 0.513. The smallest absolute Gasteiger partial charge is 0.0741 e. The van der Waals surface area contributed by atoms with Gasteiger partial charge in [0.25, 0.3) is 0 Å². The largest absolute Gasteiger partial charge is 0.264 e. The Balaban J connectivity index is 2.10. The van der Waals surface area contributed by atoms with E-state index in [1.54, 1.807) is 0 Å². The van der Waals surface area contributed by atoms with Gasteiger partial charge in [-0.05, 0) is 18.2 Å². The second-order valence-electron chi connectivity index (χ2n) is 4.49. The summed E-state index contributed by atoms with van der Waals surface area (Å²) < 4.78 is 1.98. The van der Waals surface area contributed by atoms with E-state index in [2.05, 4.69) is 34.3 Å². The molecule has 4 aromatic rings. The Labute approximate surface area is 110 Å². The van der Waals surface area contributed by atoms with E-state index in [1.807, 2.05) is 47.5 Å². The molecule has 4 rings (SSSR count). The molecule has 0 amide bonds. The van der Waals surface area contributed by atoms with Gasteiger partial charge in [0.1, 0.15) is 0 Å². The first-order valence-electron chi connectivity index (χ1n) is 6.19. The third-order valence-electron chi connectivity index (χ3n) is 3.36. The lowest BCUT2D eigenvalue weighted by molar-refractivity contribution is 0.918. The van der Waals surface area contributed by atoms with E-state index < -0.39 is 0 Å². The summed E-state index contributed by atoms with van der Waals surface area (Å²) in [5, 5.41) is 7.94. The third kappa shape index (κ3) is 1.52. The minimum Gasteiger partial charge on any atom is -0.264 e. The molecule has 2 aromatic heterocycles. The number of hydrogen-bond acceptors (Lipinski definition) is 2. The zero-order valence-electron chi connectivity index (χ0n) is 10.2. The molecule has 0 saturated carbocycles. The van der Waals surface area contributed by atoms with Gasteiger partial charge in [-0.3, -0.25) is 4.98 Å². The van der Waals surface area contributed by atoms with E-state index in [9.17, 15) is 0 Å². The number of para-hydroxylation sites is 1. The maximum absolute atomic E-state index is 4.51. The van der Waals surface area contributed by atoms with Crippen molar-refractivity contribution in [2.45, 2.75) is 0 Å². The Morgan fingerprint density at radius 2 is 1.68 bits per heavy atom. The summed E-state index contributed by atoms with van der Waals surface area (Å²) in [4.78, 5) is 4.17. The van der Waals surface area contributed by atoms with Crippen LogP contribution in [0.25, 0.3) is 27.4 Å². The van der Waals surface area contributed by atoms with Gasteiger partial charge in [-0.2, -0.15) is 5.10 Å². The van der Waals surface area contributed by atoms with Crippen molar-refractivity contribution in [2.75, 3.05) is 0 Å². The molecule has 0 N–H and O–H groups in total. The highest BCUT2D eigenvalue weighted by Gasteiger charge is 2.07. The van der Waals surface area contributed by atoms with Gasteiger partial charge < -0.3 is 0 Å². The maximum Gasteiger partial charge on any atom is 0.0741 e. The second kappa shape index (κ2) is 3.92. The Bertz CT molecular complexity index is 872. The minimum absolute atomic E-state index is 1.08. The Kier molecular flexibility index (Phi) is 2.12. The highest BCUT2D eigenvalue weighted by molar-refractivity contribution is 5.91. The molecule has 3 nitrogen and oxygen atoms in total. The van der Waals surface area contributed by atoms with Crippen LogP contribution in [0.2, 0.25) is 0 Å². The van der Waals surface area contributed by atoms with E-state index in [0.29, 0.717) is 0 Å². The molecule has 0 aliphatic carbocycles. The molecule has 3 heteroatoms. The predicted molar refractivity (Wildman–Crippen MR) is 76.4 cm³/mol. The maximum atomic E-state index is 4.51. The van der Waals surface area contributed by atoms with Crippen molar-refractivity contribution in [1.82, 2.24) is 14.8 Å². The van der Waals surface area contributed by atoms with Crippen LogP contribution in [-0.4, -0.2) is 14.8 Å². The normalized spacial score (nSPS) is 11.2. The van der Waals surface area contributed by atoms with E-state index in [4.69, 9.17) is 0 Å². The number of fused-ring (bicyclic) bond motifs is 2. The molecular weight excluding hydrogens is 234 g/mol. The van der Waals surface area contributed by atoms with Gasteiger partial charge in [-0.15, -0.1) is 0 Å². The third-order valence-corrected chi connectivity index (χ3v) is 3.36. The Morgan fingerprint density at radius 1 is 0.789 bits per heavy atom. The van der Waals surface area contributed by atoms with Crippen LogP contribution < -0.4 is 0 Å². The molecule has 2 heterocycles.